The zero-order valence-electron chi connectivity index (χ0n) is 10.8. The van der Waals surface area contributed by atoms with Gasteiger partial charge in [0, 0.05) is 6.04 Å². The number of nitrogens with one attached hydrogen (secondary N) is 1. The van der Waals surface area contributed by atoms with Gasteiger partial charge in [0.15, 0.2) is 0 Å². The summed E-state index contributed by atoms with van der Waals surface area (Å²) in [5, 5.41) is 9.02. The molecule has 1 fully saturated rings. The smallest absolute Gasteiger partial charge is 0.240 e. The van der Waals surface area contributed by atoms with Crippen LogP contribution in [0.2, 0.25) is 0 Å². The summed E-state index contributed by atoms with van der Waals surface area (Å²) in [5.74, 6) is 0.0216. The van der Waals surface area contributed by atoms with Crippen molar-refractivity contribution in [2.45, 2.75) is 30.4 Å². The highest BCUT2D eigenvalue weighted by molar-refractivity contribution is 7.91. The number of aliphatic hydroxyl groups excluding tert-OH is 1. The van der Waals surface area contributed by atoms with Crippen LogP contribution in [0.25, 0.3) is 0 Å². The van der Waals surface area contributed by atoms with Crippen LogP contribution in [-0.2, 0) is 26.5 Å². The molecule has 0 radical (unpaired) electrons. The minimum absolute atomic E-state index is 0.0108. The first-order valence-electron chi connectivity index (χ1n) is 6.25. The Morgan fingerprint density at radius 2 is 1.90 bits per heavy atom. The summed E-state index contributed by atoms with van der Waals surface area (Å²) < 4.78 is 49.5. The van der Waals surface area contributed by atoms with Gasteiger partial charge in [-0.2, -0.15) is 0 Å². The summed E-state index contributed by atoms with van der Waals surface area (Å²) in [4.78, 5) is 0.0810. The summed E-state index contributed by atoms with van der Waals surface area (Å²) in [6.07, 6.45) is 0.586. The maximum atomic E-state index is 12.2. The van der Waals surface area contributed by atoms with Crippen LogP contribution >= 0.6 is 0 Å². The van der Waals surface area contributed by atoms with Crippen molar-refractivity contribution in [2.75, 3.05) is 11.5 Å². The van der Waals surface area contributed by atoms with E-state index in [1.165, 1.54) is 12.1 Å². The van der Waals surface area contributed by atoms with Crippen LogP contribution in [0.15, 0.2) is 29.2 Å². The first-order chi connectivity index (χ1) is 9.32. The molecule has 0 unspecified atom stereocenters. The summed E-state index contributed by atoms with van der Waals surface area (Å²) in [5.41, 5.74) is 0.513. The number of rotatable bonds is 4. The van der Waals surface area contributed by atoms with Crippen molar-refractivity contribution in [1.29, 1.82) is 0 Å². The lowest BCUT2D eigenvalue weighted by Gasteiger charge is -2.22. The van der Waals surface area contributed by atoms with Crippen LogP contribution in [0, 0.1) is 0 Å². The van der Waals surface area contributed by atoms with Crippen LogP contribution in [0.1, 0.15) is 18.4 Å². The third kappa shape index (κ3) is 3.78. The Kier molecular flexibility index (Phi) is 4.48. The number of sulfone groups is 1. The van der Waals surface area contributed by atoms with E-state index in [0.29, 0.717) is 18.4 Å². The molecule has 0 atom stereocenters. The van der Waals surface area contributed by atoms with Crippen molar-refractivity contribution in [1.82, 2.24) is 4.72 Å². The lowest BCUT2D eigenvalue weighted by molar-refractivity contribution is 0.281. The fourth-order valence-corrected chi connectivity index (χ4v) is 4.97. The maximum Gasteiger partial charge on any atom is 0.240 e. The fraction of sp³-hybridized carbons (Fsp3) is 0.500. The van der Waals surface area contributed by atoms with Crippen LogP contribution < -0.4 is 4.72 Å². The monoisotopic (exact) mass is 319 g/mol. The highest BCUT2D eigenvalue weighted by Crippen LogP contribution is 2.17. The van der Waals surface area contributed by atoms with Gasteiger partial charge in [0.25, 0.3) is 0 Å². The Balaban J connectivity index is 2.11. The Hall–Kier alpha value is -0.960. The van der Waals surface area contributed by atoms with Gasteiger partial charge in [-0.05, 0) is 30.5 Å². The quantitative estimate of drug-likeness (QED) is 0.816. The third-order valence-electron chi connectivity index (χ3n) is 3.27. The summed E-state index contributed by atoms with van der Waals surface area (Å²) in [6.45, 7) is -0.231. The van der Waals surface area contributed by atoms with Crippen LogP contribution in [0.5, 0.6) is 0 Å². The van der Waals surface area contributed by atoms with Gasteiger partial charge in [-0.3, -0.25) is 0 Å². The predicted molar refractivity (Wildman–Crippen MR) is 74.4 cm³/mol. The van der Waals surface area contributed by atoms with Gasteiger partial charge < -0.3 is 5.11 Å². The van der Waals surface area contributed by atoms with Crippen molar-refractivity contribution in [3.8, 4) is 0 Å². The van der Waals surface area contributed by atoms with E-state index in [0.717, 1.165) is 0 Å². The highest BCUT2D eigenvalue weighted by Gasteiger charge is 2.27. The topological polar surface area (TPSA) is 101 Å². The molecular weight excluding hydrogens is 302 g/mol. The van der Waals surface area contributed by atoms with Gasteiger partial charge >= 0.3 is 0 Å². The minimum Gasteiger partial charge on any atom is -0.392 e. The van der Waals surface area contributed by atoms with Gasteiger partial charge in [-0.25, -0.2) is 21.6 Å². The summed E-state index contributed by atoms with van der Waals surface area (Å²) in [6, 6.07) is 5.68. The normalized spacial score (nSPS) is 19.9. The van der Waals surface area contributed by atoms with Crippen LogP contribution in [-0.4, -0.2) is 39.5 Å². The first-order valence-corrected chi connectivity index (χ1v) is 9.55. The predicted octanol–water partition coefficient (Wildman–Crippen LogP) is 0.0344. The van der Waals surface area contributed by atoms with Crippen molar-refractivity contribution in [2.24, 2.45) is 0 Å². The van der Waals surface area contributed by atoms with E-state index in [9.17, 15) is 16.8 Å². The first kappa shape index (κ1) is 15.4. The van der Waals surface area contributed by atoms with Gasteiger partial charge in [-0.1, -0.05) is 12.1 Å². The van der Waals surface area contributed by atoms with E-state index < -0.39 is 19.9 Å². The number of aliphatic hydroxyl groups is 1. The molecule has 1 aliphatic heterocycles. The molecule has 6 nitrogen and oxygen atoms in total. The third-order valence-corrected chi connectivity index (χ3v) is 6.50. The molecule has 0 aromatic heterocycles. The van der Waals surface area contributed by atoms with Gasteiger partial charge in [-0.15, -0.1) is 0 Å². The van der Waals surface area contributed by atoms with Gasteiger partial charge in [0.1, 0.15) is 9.84 Å². The average Bonchev–Trinajstić information content (AvgIpc) is 2.41. The van der Waals surface area contributed by atoms with Crippen molar-refractivity contribution >= 4 is 19.9 Å². The SMILES string of the molecule is O=S1(=O)CCC(NS(=O)(=O)c2cccc(CO)c2)CC1. The van der Waals surface area contributed by atoms with Crippen molar-refractivity contribution < 1.29 is 21.9 Å². The Morgan fingerprint density at radius 1 is 1.25 bits per heavy atom. The number of hydrogen-bond acceptors (Lipinski definition) is 5. The molecule has 1 heterocycles. The second-order valence-electron chi connectivity index (χ2n) is 4.85. The molecule has 20 heavy (non-hydrogen) atoms. The highest BCUT2D eigenvalue weighted by atomic mass is 32.2. The van der Waals surface area contributed by atoms with E-state index in [4.69, 9.17) is 5.11 Å². The lowest BCUT2D eigenvalue weighted by Crippen LogP contribution is -2.40. The molecule has 0 aliphatic carbocycles. The Labute approximate surface area is 118 Å². The van der Waals surface area contributed by atoms with Crippen LogP contribution in [0.4, 0.5) is 0 Å². The van der Waals surface area contributed by atoms with Gasteiger partial charge in [0.05, 0.1) is 23.0 Å². The molecule has 1 aromatic carbocycles. The molecule has 0 bridgehead atoms. The van der Waals surface area contributed by atoms with E-state index in [2.05, 4.69) is 4.72 Å². The maximum absolute atomic E-state index is 12.2. The second-order valence-corrected chi connectivity index (χ2v) is 8.87. The molecule has 0 saturated carbocycles. The Bertz CT molecular complexity index is 668. The number of hydrogen-bond donors (Lipinski definition) is 2. The number of sulfonamides is 1. The summed E-state index contributed by atoms with van der Waals surface area (Å²) >= 11 is 0. The molecule has 2 N–H and O–H groups in total. The van der Waals surface area contributed by atoms with Crippen molar-refractivity contribution in [3.05, 3.63) is 29.8 Å². The van der Waals surface area contributed by atoms with E-state index >= 15 is 0 Å². The molecule has 1 aromatic rings. The average molecular weight is 319 g/mol. The zero-order chi connectivity index (χ0) is 14.8. The number of benzene rings is 1. The second kappa shape index (κ2) is 5.80. The largest absolute Gasteiger partial charge is 0.392 e. The molecule has 0 spiro atoms. The summed E-state index contributed by atoms with van der Waals surface area (Å²) in [7, 11) is -6.70. The van der Waals surface area contributed by atoms with E-state index in [-0.39, 0.29) is 29.0 Å². The van der Waals surface area contributed by atoms with E-state index in [1.54, 1.807) is 12.1 Å². The molecule has 1 saturated heterocycles. The molecule has 1 aliphatic rings. The van der Waals surface area contributed by atoms with E-state index in [1.807, 2.05) is 0 Å². The van der Waals surface area contributed by atoms with Gasteiger partial charge in [0.2, 0.25) is 10.0 Å². The molecule has 112 valence electrons. The molecule has 0 amide bonds. The zero-order valence-corrected chi connectivity index (χ0v) is 12.5. The molecular formula is C12H17NO5S2. The molecule has 8 heteroatoms. The lowest BCUT2D eigenvalue weighted by atomic mass is 10.2. The van der Waals surface area contributed by atoms with Crippen LogP contribution in [0.3, 0.4) is 0 Å². The molecule has 2 rings (SSSR count). The fourth-order valence-electron chi connectivity index (χ4n) is 2.11. The van der Waals surface area contributed by atoms with Crippen molar-refractivity contribution in [3.63, 3.8) is 0 Å². The standard InChI is InChI=1S/C12H17NO5S2/c14-9-10-2-1-3-12(8-10)20(17,18)13-11-4-6-19(15,16)7-5-11/h1-3,8,11,13-14H,4-7,9H2. The minimum atomic E-state index is -3.69. The Morgan fingerprint density at radius 3 is 2.50 bits per heavy atom.